The van der Waals surface area contributed by atoms with Crippen molar-refractivity contribution in [3.8, 4) is 11.5 Å². The van der Waals surface area contributed by atoms with E-state index in [-0.39, 0.29) is 6.04 Å². The predicted octanol–water partition coefficient (Wildman–Crippen LogP) is 10.6. The average Bonchev–Trinajstić information content (AvgIpc) is 3.47. The van der Waals surface area contributed by atoms with Crippen LogP contribution in [0.2, 0.25) is 10.0 Å². The molecule has 4 fully saturated rings. The van der Waals surface area contributed by atoms with Gasteiger partial charge < -0.3 is 14.8 Å². The normalized spacial score (nSPS) is 31.9. The van der Waals surface area contributed by atoms with Gasteiger partial charge in [0.15, 0.2) is 11.5 Å². The van der Waals surface area contributed by atoms with E-state index in [0.29, 0.717) is 45.4 Å². The molecular weight excluding hydrogens is 629 g/mol. The molecular formula is C36H36BrCl2NO2. The molecule has 1 N–H and O–H groups in total. The van der Waals surface area contributed by atoms with Gasteiger partial charge in [-0.05, 0) is 143 Å². The number of nitrogens with one attached hydrogen (secondary N) is 1. The van der Waals surface area contributed by atoms with Gasteiger partial charge in [0.25, 0.3) is 0 Å². The van der Waals surface area contributed by atoms with Gasteiger partial charge in [0, 0.05) is 11.6 Å². The molecule has 5 aliphatic carbocycles. The van der Waals surface area contributed by atoms with Gasteiger partial charge in [-0.15, -0.1) is 0 Å². The summed E-state index contributed by atoms with van der Waals surface area (Å²) in [6.45, 7) is 0.362. The lowest BCUT2D eigenvalue weighted by Crippen LogP contribution is -2.48. The van der Waals surface area contributed by atoms with Gasteiger partial charge in [0.1, 0.15) is 6.61 Å². The van der Waals surface area contributed by atoms with Gasteiger partial charge in [0.2, 0.25) is 0 Å². The lowest BCUT2D eigenvalue weighted by Gasteiger charge is -2.57. The van der Waals surface area contributed by atoms with Crippen LogP contribution in [0.4, 0.5) is 5.69 Å². The molecule has 1 heterocycles. The van der Waals surface area contributed by atoms with Crippen molar-refractivity contribution in [1.29, 1.82) is 0 Å². The molecule has 6 heteroatoms. The van der Waals surface area contributed by atoms with Gasteiger partial charge >= 0.3 is 0 Å². The van der Waals surface area contributed by atoms with Crippen molar-refractivity contribution in [2.24, 2.45) is 23.7 Å². The van der Waals surface area contributed by atoms with E-state index in [9.17, 15) is 0 Å². The topological polar surface area (TPSA) is 30.5 Å². The first kappa shape index (κ1) is 27.4. The van der Waals surface area contributed by atoms with Crippen LogP contribution < -0.4 is 14.8 Å². The summed E-state index contributed by atoms with van der Waals surface area (Å²) in [6, 6.07) is 17.5. The number of hydrogen-bond donors (Lipinski definition) is 1. The van der Waals surface area contributed by atoms with Gasteiger partial charge in [0.05, 0.1) is 27.7 Å². The third kappa shape index (κ3) is 4.59. The van der Waals surface area contributed by atoms with Crippen LogP contribution >= 0.6 is 39.1 Å². The van der Waals surface area contributed by atoms with Crippen LogP contribution in [-0.2, 0) is 12.0 Å². The molecule has 3 aromatic rings. The van der Waals surface area contributed by atoms with Crippen molar-refractivity contribution >= 4 is 44.8 Å². The molecule has 9 rings (SSSR count). The van der Waals surface area contributed by atoms with Crippen molar-refractivity contribution in [3.63, 3.8) is 0 Å². The Morgan fingerprint density at radius 2 is 1.69 bits per heavy atom. The van der Waals surface area contributed by atoms with E-state index in [1.54, 1.807) is 18.7 Å². The Morgan fingerprint density at radius 3 is 2.40 bits per heavy atom. The van der Waals surface area contributed by atoms with Crippen LogP contribution in [0, 0.1) is 23.7 Å². The number of ether oxygens (including phenoxy) is 2. The smallest absolute Gasteiger partial charge is 0.175 e. The van der Waals surface area contributed by atoms with Crippen molar-refractivity contribution in [3.05, 3.63) is 97.5 Å². The van der Waals surface area contributed by atoms with E-state index in [0.717, 1.165) is 34.2 Å². The lowest BCUT2D eigenvalue weighted by molar-refractivity contribution is -0.00523. The summed E-state index contributed by atoms with van der Waals surface area (Å²) in [5, 5.41) is 5.03. The Bertz CT molecular complexity index is 1550. The monoisotopic (exact) mass is 663 g/mol. The van der Waals surface area contributed by atoms with Crippen molar-refractivity contribution in [1.82, 2.24) is 0 Å². The highest BCUT2D eigenvalue weighted by atomic mass is 79.9. The molecule has 4 bridgehead atoms. The summed E-state index contributed by atoms with van der Waals surface area (Å²) in [6.07, 6.45) is 14.6. The minimum Gasteiger partial charge on any atom is -0.493 e. The number of hydrogen-bond acceptors (Lipinski definition) is 3. The molecule has 0 spiro atoms. The van der Waals surface area contributed by atoms with Crippen molar-refractivity contribution in [2.75, 3.05) is 12.4 Å². The maximum absolute atomic E-state index is 6.23. The van der Waals surface area contributed by atoms with Gasteiger partial charge in [-0.1, -0.05) is 53.6 Å². The number of benzene rings is 3. The summed E-state index contributed by atoms with van der Waals surface area (Å²) in [4.78, 5) is 0. The Balaban J connectivity index is 1.08. The summed E-state index contributed by atoms with van der Waals surface area (Å²) < 4.78 is 13.0. The quantitative estimate of drug-likeness (QED) is 0.266. The minimum absolute atomic E-state index is 0.178. The maximum atomic E-state index is 6.23. The number of halogens is 3. The highest BCUT2D eigenvalue weighted by Gasteiger charge is 2.52. The first-order chi connectivity index (χ1) is 20.4. The van der Waals surface area contributed by atoms with Gasteiger partial charge in [-0.25, -0.2) is 0 Å². The van der Waals surface area contributed by atoms with Crippen LogP contribution in [-0.4, -0.2) is 7.11 Å². The second-order valence-electron chi connectivity index (χ2n) is 13.5. The molecule has 0 unspecified atom stereocenters. The molecule has 0 aromatic heterocycles. The molecule has 0 radical (unpaired) electrons. The fourth-order valence-electron chi connectivity index (χ4n) is 9.56. The standard InChI is InChI=1S/C36H36BrCl2NO2/c1-41-33-14-24(13-29(37)35(33)42-19-20-5-7-30(38)31(39)12-20)34-27-4-2-3-26(27)28-15-25(6-8-32(28)40-34)36-16-21-9-22(17-36)11-23(10-21)18-36/h2-3,5-8,12-15,21-23,26-27,34,40H,4,9-11,16-19H2,1H3/t21?,22?,23?,26-,27+,34+,36?/m1/s1. The lowest BCUT2D eigenvalue weighted by atomic mass is 9.48. The number of allylic oxidation sites excluding steroid dienone is 2. The van der Waals surface area contributed by atoms with E-state index in [2.05, 4.69) is 63.7 Å². The molecule has 3 nitrogen and oxygen atoms in total. The SMILES string of the molecule is COc1cc([C@@H]2Nc3ccc(C45CC6CC(CC(C6)C4)C5)cc3[C@@H]3C=CC[C@@H]32)cc(Br)c1OCc1ccc(Cl)c(Cl)c1. The maximum Gasteiger partial charge on any atom is 0.175 e. The summed E-state index contributed by atoms with van der Waals surface area (Å²) >= 11 is 16.1. The Kier molecular flexibility index (Phi) is 6.85. The van der Waals surface area contributed by atoms with E-state index in [1.807, 2.05) is 12.1 Å². The number of anilines is 1. The van der Waals surface area contributed by atoms with Crippen molar-refractivity contribution < 1.29 is 9.47 Å². The first-order valence-corrected chi connectivity index (χ1v) is 17.0. The number of rotatable bonds is 6. The average molecular weight is 665 g/mol. The van der Waals surface area contributed by atoms with Crippen LogP contribution in [0.15, 0.2) is 65.2 Å². The molecule has 4 saturated carbocycles. The van der Waals surface area contributed by atoms with Crippen LogP contribution in [0.3, 0.4) is 0 Å². The van der Waals surface area contributed by atoms with E-state index in [4.69, 9.17) is 32.7 Å². The van der Waals surface area contributed by atoms with E-state index >= 15 is 0 Å². The summed E-state index contributed by atoms with van der Waals surface area (Å²) in [5.74, 6) is 5.16. The zero-order valence-electron chi connectivity index (χ0n) is 23.8. The molecule has 0 amide bonds. The Labute approximate surface area is 267 Å². The highest BCUT2D eigenvalue weighted by molar-refractivity contribution is 9.10. The molecule has 42 heavy (non-hydrogen) atoms. The molecule has 218 valence electrons. The summed E-state index contributed by atoms with van der Waals surface area (Å²) in [7, 11) is 1.70. The van der Waals surface area contributed by atoms with E-state index in [1.165, 1.54) is 55.3 Å². The Morgan fingerprint density at radius 1 is 0.929 bits per heavy atom. The second kappa shape index (κ2) is 10.5. The van der Waals surface area contributed by atoms with Crippen LogP contribution in [0.5, 0.6) is 11.5 Å². The van der Waals surface area contributed by atoms with Crippen LogP contribution in [0.1, 0.15) is 79.2 Å². The fourth-order valence-corrected chi connectivity index (χ4v) is 10.5. The first-order valence-electron chi connectivity index (χ1n) is 15.4. The zero-order chi connectivity index (χ0) is 28.6. The highest BCUT2D eigenvalue weighted by Crippen LogP contribution is 2.61. The fraction of sp³-hybridized carbons (Fsp3) is 0.444. The molecule has 1 aliphatic heterocycles. The zero-order valence-corrected chi connectivity index (χ0v) is 26.9. The largest absolute Gasteiger partial charge is 0.493 e. The number of fused-ring (bicyclic) bond motifs is 3. The Hall–Kier alpha value is -2.14. The van der Waals surface area contributed by atoms with Gasteiger partial charge in [-0.3, -0.25) is 0 Å². The summed E-state index contributed by atoms with van der Waals surface area (Å²) in [5.41, 5.74) is 6.95. The van der Waals surface area contributed by atoms with Crippen molar-refractivity contribution in [2.45, 2.75) is 68.9 Å². The number of methoxy groups -OCH3 is 1. The third-order valence-electron chi connectivity index (χ3n) is 11.0. The van der Waals surface area contributed by atoms with Gasteiger partial charge in [-0.2, -0.15) is 0 Å². The molecule has 0 saturated heterocycles. The second-order valence-corrected chi connectivity index (χ2v) is 15.2. The third-order valence-corrected chi connectivity index (χ3v) is 12.3. The minimum atomic E-state index is 0.178. The molecule has 3 atom stereocenters. The van der Waals surface area contributed by atoms with E-state index < -0.39 is 0 Å². The molecule has 3 aromatic carbocycles. The predicted molar refractivity (Wildman–Crippen MR) is 174 cm³/mol. The van der Waals surface area contributed by atoms with Crippen LogP contribution in [0.25, 0.3) is 0 Å². The molecule has 6 aliphatic rings.